The first-order chi connectivity index (χ1) is 9.58. The summed E-state index contributed by atoms with van der Waals surface area (Å²) >= 11 is 6.34. The van der Waals surface area contributed by atoms with Gasteiger partial charge in [0.25, 0.3) is 0 Å². The van der Waals surface area contributed by atoms with Crippen LogP contribution in [0.1, 0.15) is 23.2 Å². The molecule has 0 aliphatic carbocycles. The summed E-state index contributed by atoms with van der Waals surface area (Å²) in [6.45, 7) is 3.82. The molecule has 20 heavy (non-hydrogen) atoms. The summed E-state index contributed by atoms with van der Waals surface area (Å²) < 4.78 is 1.73. The number of fused-ring (bicyclic) bond motifs is 1. The third kappa shape index (κ3) is 2.14. The Bertz CT molecular complexity index is 648. The Morgan fingerprint density at radius 3 is 2.90 bits per heavy atom. The van der Waals surface area contributed by atoms with Crippen LogP contribution in [0, 0.1) is 6.92 Å². The number of halogens is 1. The van der Waals surface area contributed by atoms with E-state index in [1.807, 2.05) is 26.1 Å². The Hall–Kier alpha value is -1.68. The summed E-state index contributed by atoms with van der Waals surface area (Å²) in [5.74, 6) is 0. The van der Waals surface area contributed by atoms with Gasteiger partial charge >= 0.3 is 0 Å². The number of aromatic nitrogens is 2. The molecule has 3 rings (SSSR count). The molecule has 0 fully saturated rings. The van der Waals surface area contributed by atoms with Crippen LogP contribution in [0.5, 0.6) is 0 Å². The van der Waals surface area contributed by atoms with Crippen molar-refractivity contribution in [1.29, 1.82) is 0 Å². The van der Waals surface area contributed by atoms with Gasteiger partial charge in [0, 0.05) is 37.1 Å². The summed E-state index contributed by atoms with van der Waals surface area (Å²) in [6, 6.07) is 6.14. The molecular formula is C15H19ClN4. The molecule has 0 saturated carbocycles. The van der Waals surface area contributed by atoms with Crippen molar-refractivity contribution in [2.45, 2.75) is 26.3 Å². The molecule has 2 aromatic rings. The average Bonchev–Trinajstić information content (AvgIpc) is 2.66. The third-order valence-corrected chi connectivity index (χ3v) is 4.47. The van der Waals surface area contributed by atoms with E-state index in [2.05, 4.69) is 16.1 Å². The summed E-state index contributed by atoms with van der Waals surface area (Å²) in [4.78, 5) is 2.35. The fraction of sp³-hybridized carbons (Fsp3) is 0.400. The number of nitrogen functional groups attached to an aromatic ring is 1. The lowest BCUT2D eigenvalue weighted by Crippen LogP contribution is -2.29. The van der Waals surface area contributed by atoms with Crippen LogP contribution >= 0.6 is 11.6 Å². The van der Waals surface area contributed by atoms with Crippen molar-refractivity contribution in [3.63, 3.8) is 0 Å². The molecule has 4 nitrogen and oxygen atoms in total. The molecule has 0 unspecified atom stereocenters. The molecule has 0 atom stereocenters. The first kappa shape index (κ1) is 13.3. The fourth-order valence-corrected chi connectivity index (χ4v) is 3.17. The molecule has 5 heteroatoms. The van der Waals surface area contributed by atoms with E-state index < -0.39 is 0 Å². The van der Waals surface area contributed by atoms with Crippen molar-refractivity contribution in [3.05, 3.63) is 40.2 Å². The van der Waals surface area contributed by atoms with Crippen LogP contribution in [0.15, 0.2) is 18.2 Å². The highest BCUT2D eigenvalue weighted by Gasteiger charge is 2.21. The van der Waals surface area contributed by atoms with Gasteiger partial charge in [-0.15, -0.1) is 0 Å². The molecule has 1 aliphatic heterocycles. The van der Waals surface area contributed by atoms with Crippen LogP contribution in [0.2, 0.25) is 5.15 Å². The van der Waals surface area contributed by atoms with Crippen LogP contribution in [-0.4, -0.2) is 16.3 Å². The van der Waals surface area contributed by atoms with Gasteiger partial charge in [-0.2, -0.15) is 5.10 Å². The quantitative estimate of drug-likeness (QED) is 0.865. The van der Waals surface area contributed by atoms with Crippen molar-refractivity contribution in [1.82, 2.24) is 9.78 Å². The minimum atomic E-state index is 0.721. The lowest BCUT2D eigenvalue weighted by Gasteiger charge is -2.32. The lowest BCUT2D eigenvalue weighted by molar-refractivity contribution is 0.691. The topological polar surface area (TPSA) is 47.1 Å². The van der Waals surface area contributed by atoms with Gasteiger partial charge in [-0.25, -0.2) is 0 Å². The van der Waals surface area contributed by atoms with Crippen molar-refractivity contribution in [3.8, 4) is 0 Å². The van der Waals surface area contributed by atoms with Crippen molar-refractivity contribution < 1.29 is 0 Å². The molecule has 1 aliphatic rings. The molecular weight excluding hydrogens is 272 g/mol. The van der Waals surface area contributed by atoms with Crippen LogP contribution in [0.25, 0.3) is 0 Å². The van der Waals surface area contributed by atoms with Gasteiger partial charge in [0.15, 0.2) is 0 Å². The van der Waals surface area contributed by atoms with Crippen LogP contribution < -0.4 is 10.6 Å². The van der Waals surface area contributed by atoms with Gasteiger partial charge in [-0.1, -0.05) is 17.7 Å². The zero-order valence-corrected chi connectivity index (χ0v) is 12.6. The van der Waals surface area contributed by atoms with Crippen molar-refractivity contribution >= 4 is 23.0 Å². The second-order valence-electron chi connectivity index (χ2n) is 5.35. The Morgan fingerprint density at radius 2 is 2.20 bits per heavy atom. The third-order valence-electron chi connectivity index (χ3n) is 4.00. The number of hydrogen-bond acceptors (Lipinski definition) is 3. The molecule has 0 spiro atoms. The van der Waals surface area contributed by atoms with Gasteiger partial charge in [0.05, 0.1) is 5.69 Å². The number of nitrogens with two attached hydrogens (primary N) is 1. The molecule has 1 aromatic heterocycles. The second kappa shape index (κ2) is 5.02. The summed E-state index contributed by atoms with van der Waals surface area (Å²) in [5.41, 5.74) is 11.6. The standard InChI is InChI=1S/C15H19ClN4/c1-10-12(15(16)19(2)18-10)9-20-8-4-5-11-13(17)6-3-7-14(11)20/h3,6-7H,4-5,8-9,17H2,1-2H3. The summed E-state index contributed by atoms with van der Waals surface area (Å²) in [6.07, 6.45) is 2.18. The van der Waals surface area contributed by atoms with E-state index >= 15 is 0 Å². The molecule has 2 heterocycles. The molecule has 0 radical (unpaired) electrons. The first-order valence-electron chi connectivity index (χ1n) is 6.88. The number of aryl methyl sites for hydroxylation is 2. The van der Waals surface area contributed by atoms with E-state index in [-0.39, 0.29) is 0 Å². The van der Waals surface area contributed by atoms with E-state index in [4.69, 9.17) is 17.3 Å². The monoisotopic (exact) mass is 290 g/mol. The molecule has 0 saturated heterocycles. The fourth-order valence-electron chi connectivity index (χ4n) is 2.94. The normalized spacial score (nSPS) is 14.4. The SMILES string of the molecule is Cc1nn(C)c(Cl)c1CN1CCCc2c(N)cccc21. The zero-order valence-electron chi connectivity index (χ0n) is 11.9. The predicted octanol–water partition coefficient (Wildman–Crippen LogP) is 2.92. The maximum atomic E-state index is 6.34. The zero-order chi connectivity index (χ0) is 14.3. The minimum absolute atomic E-state index is 0.721. The molecule has 0 amide bonds. The predicted molar refractivity (Wildman–Crippen MR) is 83.2 cm³/mol. The number of rotatable bonds is 2. The smallest absolute Gasteiger partial charge is 0.131 e. The van der Waals surface area contributed by atoms with Crippen LogP contribution in [0.3, 0.4) is 0 Å². The molecule has 2 N–H and O–H groups in total. The van der Waals surface area contributed by atoms with E-state index in [0.717, 1.165) is 48.0 Å². The van der Waals surface area contributed by atoms with Gasteiger partial charge in [0.2, 0.25) is 0 Å². The highest BCUT2D eigenvalue weighted by atomic mass is 35.5. The minimum Gasteiger partial charge on any atom is -0.398 e. The van der Waals surface area contributed by atoms with E-state index in [1.165, 1.54) is 11.3 Å². The number of nitrogens with zero attached hydrogens (tertiary/aromatic N) is 3. The van der Waals surface area contributed by atoms with E-state index in [9.17, 15) is 0 Å². The van der Waals surface area contributed by atoms with Crippen LogP contribution in [0.4, 0.5) is 11.4 Å². The molecule has 106 valence electrons. The Morgan fingerprint density at radius 1 is 1.40 bits per heavy atom. The Kier molecular flexibility index (Phi) is 3.34. The van der Waals surface area contributed by atoms with Gasteiger partial charge < -0.3 is 10.6 Å². The van der Waals surface area contributed by atoms with Crippen LogP contribution in [-0.2, 0) is 20.0 Å². The number of hydrogen-bond donors (Lipinski definition) is 1. The van der Waals surface area contributed by atoms with Crippen molar-refractivity contribution in [2.75, 3.05) is 17.2 Å². The van der Waals surface area contributed by atoms with Gasteiger partial charge in [0.1, 0.15) is 5.15 Å². The van der Waals surface area contributed by atoms with Gasteiger partial charge in [-0.05, 0) is 37.5 Å². The van der Waals surface area contributed by atoms with E-state index in [0.29, 0.717) is 0 Å². The van der Waals surface area contributed by atoms with E-state index in [1.54, 1.807) is 4.68 Å². The Balaban J connectivity index is 1.96. The lowest BCUT2D eigenvalue weighted by atomic mass is 9.99. The second-order valence-corrected chi connectivity index (χ2v) is 5.71. The summed E-state index contributed by atoms with van der Waals surface area (Å²) in [7, 11) is 1.88. The van der Waals surface area contributed by atoms with Gasteiger partial charge in [-0.3, -0.25) is 4.68 Å². The summed E-state index contributed by atoms with van der Waals surface area (Å²) in [5, 5.41) is 5.10. The number of anilines is 2. The average molecular weight is 291 g/mol. The number of benzene rings is 1. The highest BCUT2D eigenvalue weighted by Crippen LogP contribution is 2.33. The maximum Gasteiger partial charge on any atom is 0.131 e. The first-order valence-corrected chi connectivity index (χ1v) is 7.26. The largest absolute Gasteiger partial charge is 0.398 e. The highest BCUT2D eigenvalue weighted by molar-refractivity contribution is 6.30. The van der Waals surface area contributed by atoms with Crippen molar-refractivity contribution in [2.24, 2.45) is 7.05 Å². The Labute approximate surface area is 124 Å². The molecule has 1 aromatic carbocycles. The molecule has 0 bridgehead atoms. The maximum absolute atomic E-state index is 6.34.